The van der Waals surface area contributed by atoms with E-state index in [2.05, 4.69) is 34.9 Å². The lowest BCUT2D eigenvalue weighted by Crippen LogP contribution is -2.50. The smallest absolute Gasteiger partial charge is 0.407 e. The molecule has 8 nitrogen and oxygen atoms in total. The Hall–Kier alpha value is -3.39. The minimum Gasteiger partial charge on any atom is -0.480 e. The summed E-state index contributed by atoms with van der Waals surface area (Å²) in [5.41, 5.74) is 4.59. The molecule has 2 aromatic carbocycles. The molecule has 0 aromatic heterocycles. The standard InChI is InChI=1S/C27H33N3O5/c1-30(2)15-24(26(32)33)28-25(31)14-23(17-8-7-9-17)29-27(34)35-16-22-20-12-5-3-10-18(20)19-11-4-6-13-21(19)22/h3-6,10-13,17,22-24H,7-9,14-16H2,1-2H3,(H,28,31)(H,29,34)(H,32,33)/t23?,24-/m0/s1. The zero-order valence-corrected chi connectivity index (χ0v) is 20.2. The molecule has 3 N–H and O–H groups in total. The van der Waals surface area contributed by atoms with E-state index in [0.29, 0.717) is 0 Å². The van der Waals surface area contributed by atoms with Crippen molar-refractivity contribution in [2.75, 3.05) is 27.2 Å². The van der Waals surface area contributed by atoms with Crippen molar-refractivity contribution >= 4 is 18.0 Å². The minimum absolute atomic E-state index is 0.0199. The Morgan fingerprint density at radius 1 is 1.00 bits per heavy atom. The maximum atomic E-state index is 12.8. The Bertz CT molecular complexity index is 1040. The highest BCUT2D eigenvalue weighted by Crippen LogP contribution is 2.44. The molecule has 0 heterocycles. The Morgan fingerprint density at radius 3 is 2.11 bits per heavy atom. The second kappa shape index (κ2) is 10.9. The molecular formula is C27H33N3O5. The predicted molar refractivity (Wildman–Crippen MR) is 132 cm³/mol. The Balaban J connectivity index is 1.36. The van der Waals surface area contributed by atoms with E-state index in [1.165, 1.54) is 0 Å². The van der Waals surface area contributed by atoms with Crippen molar-refractivity contribution in [1.29, 1.82) is 0 Å². The Kier molecular flexibility index (Phi) is 7.70. The van der Waals surface area contributed by atoms with Gasteiger partial charge in [-0.3, -0.25) is 4.79 Å². The molecule has 0 aliphatic heterocycles. The highest BCUT2D eigenvalue weighted by atomic mass is 16.5. The maximum Gasteiger partial charge on any atom is 0.407 e. The summed E-state index contributed by atoms with van der Waals surface area (Å²) in [5.74, 6) is -1.34. The third kappa shape index (κ3) is 5.82. The lowest BCUT2D eigenvalue weighted by Gasteiger charge is -2.34. The average molecular weight is 480 g/mol. The fourth-order valence-corrected chi connectivity index (χ4v) is 4.97. The van der Waals surface area contributed by atoms with Gasteiger partial charge >= 0.3 is 12.1 Å². The molecule has 4 rings (SSSR count). The minimum atomic E-state index is -1.09. The van der Waals surface area contributed by atoms with Gasteiger partial charge in [-0.15, -0.1) is 0 Å². The van der Waals surface area contributed by atoms with Gasteiger partial charge in [0.25, 0.3) is 0 Å². The number of amides is 2. The number of aliphatic carboxylic acids is 1. The Labute approximate surface area is 205 Å². The fourth-order valence-electron chi connectivity index (χ4n) is 4.97. The van der Waals surface area contributed by atoms with E-state index in [1.807, 2.05) is 24.3 Å². The van der Waals surface area contributed by atoms with E-state index in [1.54, 1.807) is 19.0 Å². The topological polar surface area (TPSA) is 108 Å². The van der Waals surface area contributed by atoms with Crippen LogP contribution in [0.3, 0.4) is 0 Å². The summed E-state index contributed by atoms with van der Waals surface area (Å²) in [4.78, 5) is 38.6. The quantitative estimate of drug-likeness (QED) is 0.483. The van der Waals surface area contributed by atoms with Crippen molar-refractivity contribution in [1.82, 2.24) is 15.5 Å². The van der Waals surface area contributed by atoms with Crippen molar-refractivity contribution in [3.8, 4) is 11.1 Å². The van der Waals surface area contributed by atoms with Gasteiger partial charge < -0.3 is 25.4 Å². The van der Waals surface area contributed by atoms with E-state index in [0.717, 1.165) is 41.5 Å². The predicted octanol–water partition coefficient (Wildman–Crippen LogP) is 3.21. The zero-order valence-electron chi connectivity index (χ0n) is 20.2. The molecule has 8 heteroatoms. The molecule has 0 radical (unpaired) electrons. The lowest BCUT2D eigenvalue weighted by molar-refractivity contribution is -0.142. The van der Waals surface area contributed by atoms with Crippen LogP contribution in [0.5, 0.6) is 0 Å². The first-order chi connectivity index (χ1) is 16.8. The number of nitrogens with zero attached hydrogens (tertiary/aromatic N) is 1. The van der Waals surface area contributed by atoms with E-state index in [-0.39, 0.29) is 31.4 Å². The molecule has 1 unspecified atom stereocenters. The molecular weight excluding hydrogens is 446 g/mol. The van der Waals surface area contributed by atoms with Crippen molar-refractivity contribution in [2.24, 2.45) is 5.92 Å². The summed E-state index contributed by atoms with van der Waals surface area (Å²) in [6, 6.07) is 14.9. The number of nitrogens with one attached hydrogen (secondary N) is 2. The number of hydrogen-bond donors (Lipinski definition) is 3. The first kappa shape index (κ1) is 24.7. The number of ether oxygens (including phenoxy) is 1. The molecule has 2 aliphatic carbocycles. The third-order valence-electron chi connectivity index (χ3n) is 6.95. The van der Waals surface area contributed by atoms with Gasteiger partial charge in [0.1, 0.15) is 12.6 Å². The second-order valence-electron chi connectivity index (χ2n) is 9.69. The molecule has 0 saturated heterocycles. The third-order valence-corrected chi connectivity index (χ3v) is 6.95. The second-order valence-corrected chi connectivity index (χ2v) is 9.69. The number of carbonyl (C=O) groups is 3. The van der Waals surface area contributed by atoms with E-state index < -0.39 is 30.1 Å². The summed E-state index contributed by atoms with van der Waals surface area (Å²) in [7, 11) is 3.50. The first-order valence-electron chi connectivity index (χ1n) is 12.1. The number of alkyl carbamates (subject to hydrolysis) is 1. The summed E-state index contributed by atoms with van der Waals surface area (Å²) in [5, 5.41) is 14.9. The van der Waals surface area contributed by atoms with Crippen LogP contribution in [0, 0.1) is 5.92 Å². The van der Waals surface area contributed by atoms with E-state index in [9.17, 15) is 19.5 Å². The number of carbonyl (C=O) groups excluding carboxylic acids is 2. The van der Waals surface area contributed by atoms with Crippen LogP contribution >= 0.6 is 0 Å². The van der Waals surface area contributed by atoms with Crippen LogP contribution in [-0.4, -0.2) is 67.3 Å². The highest BCUT2D eigenvalue weighted by molar-refractivity contribution is 5.84. The van der Waals surface area contributed by atoms with Crippen molar-refractivity contribution < 1.29 is 24.2 Å². The largest absolute Gasteiger partial charge is 0.480 e. The molecule has 186 valence electrons. The van der Waals surface area contributed by atoms with Crippen LogP contribution in [0.1, 0.15) is 42.7 Å². The zero-order chi connectivity index (χ0) is 24.9. The summed E-state index contributed by atoms with van der Waals surface area (Å²) in [6.45, 7) is 0.391. The van der Waals surface area contributed by atoms with Crippen LogP contribution in [0.25, 0.3) is 11.1 Å². The molecule has 2 aromatic rings. The summed E-state index contributed by atoms with van der Waals surface area (Å²) in [6.07, 6.45) is 2.35. The van der Waals surface area contributed by atoms with E-state index >= 15 is 0 Å². The van der Waals surface area contributed by atoms with Gasteiger partial charge in [0.05, 0.1) is 0 Å². The number of carboxylic acid groups (broad SMARTS) is 1. The van der Waals surface area contributed by atoms with Crippen LogP contribution in [-0.2, 0) is 14.3 Å². The van der Waals surface area contributed by atoms with Gasteiger partial charge in [0.15, 0.2) is 0 Å². The molecule has 2 aliphatic rings. The van der Waals surface area contributed by atoms with Crippen LogP contribution in [0.2, 0.25) is 0 Å². The average Bonchev–Trinajstić information content (AvgIpc) is 3.09. The normalized spacial score (nSPS) is 16.5. The van der Waals surface area contributed by atoms with Crippen LogP contribution < -0.4 is 10.6 Å². The number of hydrogen-bond acceptors (Lipinski definition) is 5. The summed E-state index contributed by atoms with van der Waals surface area (Å²) < 4.78 is 5.66. The number of carboxylic acids is 1. The van der Waals surface area contributed by atoms with Crippen molar-refractivity contribution in [2.45, 2.75) is 43.7 Å². The van der Waals surface area contributed by atoms with Gasteiger partial charge in [-0.05, 0) is 55.1 Å². The van der Waals surface area contributed by atoms with E-state index in [4.69, 9.17) is 4.74 Å². The highest BCUT2D eigenvalue weighted by Gasteiger charge is 2.33. The molecule has 2 amide bonds. The van der Waals surface area contributed by atoms with Crippen molar-refractivity contribution in [3.63, 3.8) is 0 Å². The molecule has 35 heavy (non-hydrogen) atoms. The molecule has 0 bridgehead atoms. The maximum absolute atomic E-state index is 12.8. The Morgan fingerprint density at radius 2 is 1.60 bits per heavy atom. The number of rotatable bonds is 10. The fraction of sp³-hybridized carbons (Fsp3) is 0.444. The van der Waals surface area contributed by atoms with Gasteiger partial charge in [-0.25, -0.2) is 9.59 Å². The van der Waals surface area contributed by atoms with Crippen LogP contribution in [0.4, 0.5) is 4.79 Å². The lowest BCUT2D eigenvalue weighted by atomic mass is 9.78. The number of likely N-dealkylation sites (N-methyl/N-ethyl adjacent to an activating group) is 1. The SMILES string of the molecule is CN(C)C[C@H](NC(=O)CC(NC(=O)OCC1c2ccccc2-c2ccccc21)C1CCC1)C(=O)O. The molecule has 2 atom stereocenters. The van der Waals surface area contributed by atoms with Gasteiger partial charge in [-0.2, -0.15) is 0 Å². The monoisotopic (exact) mass is 479 g/mol. The van der Waals surface area contributed by atoms with Gasteiger partial charge in [0, 0.05) is 24.9 Å². The molecule has 1 saturated carbocycles. The van der Waals surface area contributed by atoms with Gasteiger partial charge in [0.2, 0.25) is 5.91 Å². The summed E-state index contributed by atoms with van der Waals surface area (Å²) >= 11 is 0. The first-order valence-corrected chi connectivity index (χ1v) is 12.1. The number of benzene rings is 2. The molecule has 0 spiro atoms. The molecule has 1 fully saturated rings. The number of fused-ring (bicyclic) bond motifs is 3. The van der Waals surface area contributed by atoms with Crippen LogP contribution in [0.15, 0.2) is 48.5 Å². The van der Waals surface area contributed by atoms with Crippen molar-refractivity contribution in [3.05, 3.63) is 59.7 Å². The van der Waals surface area contributed by atoms with Gasteiger partial charge in [-0.1, -0.05) is 55.0 Å².